The van der Waals surface area contributed by atoms with Gasteiger partial charge in [0.15, 0.2) is 5.82 Å². The van der Waals surface area contributed by atoms with Gasteiger partial charge in [0.2, 0.25) is 0 Å². The molecule has 0 saturated heterocycles. The van der Waals surface area contributed by atoms with Crippen LogP contribution >= 0.6 is 0 Å². The number of carbonyl (C=O) groups is 1. The number of nitrogens with zero attached hydrogens (tertiary/aromatic N) is 4. The topological polar surface area (TPSA) is 88.0 Å². The van der Waals surface area contributed by atoms with E-state index in [0.717, 1.165) is 7.11 Å². The maximum absolute atomic E-state index is 14.7. The molecular formula is C24H24F3N5O2. The molecule has 0 radical (unpaired) electrons. The molecule has 0 saturated carbocycles. The van der Waals surface area contributed by atoms with Crippen LogP contribution in [0.3, 0.4) is 0 Å². The van der Waals surface area contributed by atoms with Crippen LogP contribution in [-0.4, -0.2) is 38.1 Å². The quantitative estimate of drug-likeness (QED) is 0.311. The summed E-state index contributed by atoms with van der Waals surface area (Å²) in [6.45, 7) is 4.51. The van der Waals surface area contributed by atoms with Gasteiger partial charge in [-0.3, -0.25) is 0 Å². The molecule has 7 nitrogen and oxygen atoms in total. The van der Waals surface area contributed by atoms with Crippen LogP contribution in [0.25, 0.3) is 33.6 Å². The van der Waals surface area contributed by atoms with Gasteiger partial charge < -0.3 is 19.6 Å². The van der Waals surface area contributed by atoms with E-state index in [1.54, 1.807) is 36.7 Å². The molecule has 0 fully saturated rings. The van der Waals surface area contributed by atoms with Gasteiger partial charge in [-0.1, -0.05) is 6.08 Å². The predicted octanol–water partition coefficient (Wildman–Crippen LogP) is 4.75. The van der Waals surface area contributed by atoms with E-state index in [1.807, 2.05) is 0 Å². The number of aromatic nitrogens is 4. The molecule has 4 rings (SSSR count). The molecule has 10 heteroatoms. The number of hydrogen-bond donors (Lipinski definition) is 1. The number of ether oxygens (including phenoxy) is 1. The Morgan fingerprint density at radius 3 is 2.68 bits per heavy atom. The Morgan fingerprint density at radius 2 is 2.03 bits per heavy atom. The molecular weight excluding hydrogens is 447 g/mol. The van der Waals surface area contributed by atoms with Crippen LogP contribution < -0.4 is 5.73 Å². The molecule has 0 unspecified atom stereocenters. The zero-order valence-electron chi connectivity index (χ0n) is 19.0. The van der Waals surface area contributed by atoms with Gasteiger partial charge in [-0.15, -0.1) is 6.58 Å². The van der Waals surface area contributed by atoms with Crippen molar-refractivity contribution in [3.8, 4) is 11.5 Å². The molecule has 0 spiro atoms. The smallest absolute Gasteiger partial charge is 0.340 e. The maximum atomic E-state index is 14.7. The van der Waals surface area contributed by atoms with Crippen LogP contribution in [0.15, 0.2) is 43.0 Å². The number of alkyl halides is 2. The lowest BCUT2D eigenvalue weighted by atomic mass is 10.2. The summed E-state index contributed by atoms with van der Waals surface area (Å²) in [7, 11) is 2.80. The molecule has 0 aliphatic rings. The highest BCUT2D eigenvalue weighted by atomic mass is 19.3. The predicted molar refractivity (Wildman–Crippen MR) is 123 cm³/mol. The number of rotatable bonds is 7. The van der Waals surface area contributed by atoms with Gasteiger partial charge >= 0.3 is 5.97 Å². The maximum Gasteiger partial charge on any atom is 0.340 e. The zero-order chi connectivity index (χ0) is 24.8. The van der Waals surface area contributed by atoms with Crippen molar-refractivity contribution in [1.82, 2.24) is 19.1 Å². The Hall–Kier alpha value is -3.66. The van der Waals surface area contributed by atoms with Crippen LogP contribution in [-0.2, 0) is 18.3 Å². The molecule has 3 aromatic heterocycles. The summed E-state index contributed by atoms with van der Waals surface area (Å²) in [5.41, 5.74) is 7.67. The van der Waals surface area contributed by atoms with Crippen LogP contribution in [0.1, 0.15) is 35.4 Å². The van der Waals surface area contributed by atoms with Crippen molar-refractivity contribution in [3.05, 3.63) is 60.1 Å². The standard InChI is InChI=1S/C24H24F3N5O2/c1-5-8-24(26,27)12-32-20(9-14-6-7-17(13(2)28)29-21(14)32)22-30-18-10-15(23(33)34-4)16(25)11-19(18)31(22)3/h5-7,9-11,13H,1,8,12,28H2,2-4H3/t13-/m1/s1. The summed E-state index contributed by atoms with van der Waals surface area (Å²) in [5.74, 6) is -4.39. The molecule has 4 aromatic rings. The van der Waals surface area contributed by atoms with Crippen molar-refractivity contribution >= 4 is 28.0 Å². The van der Waals surface area contributed by atoms with Crippen molar-refractivity contribution in [2.75, 3.05) is 7.11 Å². The molecule has 0 aliphatic heterocycles. The van der Waals surface area contributed by atoms with Crippen molar-refractivity contribution in [3.63, 3.8) is 0 Å². The lowest BCUT2D eigenvalue weighted by Crippen LogP contribution is -2.24. The third kappa shape index (κ3) is 4.05. The fourth-order valence-corrected chi connectivity index (χ4v) is 3.96. The van der Waals surface area contributed by atoms with Crippen molar-refractivity contribution < 1.29 is 22.7 Å². The molecule has 178 valence electrons. The second-order valence-electron chi connectivity index (χ2n) is 8.21. The third-order valence-corrected chi connectivity index (χ3v) is 5.67. The van der Waals surface area contributed by atoms with Crippen LogP contribution in [0.2, 0.25) is 0 Å². The Balaban J connectivity index is 1.97. The van der Waals surface area contributed by atoms with E-state index < -0.39 is 30.7 Å². The number of esters is 1. The first-order chi connectivity index (χ1) is 16.1. The number of hydrogen-bond acceptors (Lipinski definition) is 5. The van der Waals surface area contributed by atoms with E-state index in [0.29, 0.717) is 39.3 Å². The molecule has 1 atom stereocenters. The average molecular weight is 471 g/mol. The molecule has 2 N–H and O–H groups in total. The lowest BCUT2D eigenvalue weighted by molar-refractivity contribution is -0.0117. The van der Waals surface area contributed by atoms with E-state index in [-0.39, 0.29) is 11.6 Å². The molecule has 34 heavy (non-hydrogen) atoms. The second-order valence-corrected chi connectivity index (χ2v) is 8.21. The largest absolute Gasteiger partial charge is 0.465 e. The average Bonchev–Trinajstić information content (AvgIpc) is 3.29. The summed E-state index contributed by atoms with van der Waals surface area (Å²) in [4.78, 5) is 21.0. The number of imidazole rings is 1. The molecule has 0 amide bonds. The second kappa shape index (κ2) is 8.60. The first kappa shape index (κ1) is 23.5. The van der Waals surface area contributed by atoms with Crippen LogP contribution in [0, 0.1) is 5.82 Å². The van der Waals surface area contributed by atoms with Crippen molar-refractivity contribution in [2.45, 2.75) is 31.9 Å². The van der Waals surface area contributed by atoms with E-state index >= 15 is 0 Å². The Kier molecular flexibility index (Phi) is 5.94. The normalized spacial score (nSPS) is 12.9. The Bertz CT molecular complexity index is 1420. The van der Waals surface area contributed by atoms with Gasteiger partial charge in [0.25, 0.3) is 5.92 Å². The van der Waals surface area contributed by atoms with E-state index in [4.69, 9.17) is 5.73 Å². The van der Waals surface area contributed by atoms with Crippen LogP contribution in [0.4, 0.5) is 13.2 Å². The Labute approximate surface area is 193 Å². The van der Waals surface area contributed by atoms with Gasteiger partial charge in [0.05, 0.1) is 41.6 Å². The number of aryl methyl sites for hydroxylation is 1. The number of benzene rings is 1. The number of methoxy groups -OCH3 is 1. The van der Waals surface area contributed by atoms with Gasteiger partial charge in [0.1, 0.15) is 11.5 Å². The number of halogens is 3. The van der Waals surface area contributed by atoms with Gasteiger partial charge in [-0.2, -0.15) is 0 Å². The SMILES string of the molecule is C=CCC(F)(F)Cn1c(-c2nc3cc(C(=O)OC)c(F)cc3n2C)cc2ccc([C@@H](C)N)nc21. The first-order valence-corrected chi connectivity index (χ1v) is 10.6. The van der Waals surface area contributed by atoms with Crippen molar-refractivity contribution in [1.29, 1.82) is 0 Å². The summed E-state index contributed by atoms with van der Waals surface area (Å²) < 4.78 is 51.6. The van der Waals surface area contributed by atoms with Gasteiger partial charge in [-0.25, -0.2) is 27.9 Å². The summed E-state index contributed by atoms with van der Waals surface area (Å²) in [6, 6.07) is 7.28. The Morgan fingerprint density at radius 1 is 1.29 bits per heavy atom. The number of pyridine rings is 1. The summed E-state index contributed by atoms with van der Waals surface area (Å²) in [5, 5.41) is 0.627. The molecule has 1 aromatic carbocycles. The minimum absolute atomic E-state index is 0.263. The van der Waals surface area contributed by atoms with Gasteiger partial charge in [0, 0.05) is 31.0 Å². The highest BCUT2D eigenvalue weighted by molar-refractivity contribution is 5.95. The molecule has 0 aliphatic carbocycles. The minimum atomic E-state index is -3.09. The first-order valence-electron chi connectivity index (χ1n) is 10.6. The number of nitrogens with two attached hydrogens (primary N) is 1. The monoisotopic (exact) mass is 471 g/mol. The van der Waals surface area contributed by atoms with Crippen LogP contribution in [0.5, 0.6) is 0 Å². The number of fused-ring (bicyclic) bond motifs is 2. The summed E-state index contributed by atoms with van der Waals surface area (Å²) >= 11 is 0. The third-order valence-electron chi connectivity index (χ3n) is 5.67. The lowest BCUT2D eigenvalue weighted by Gasteiger charge is -2.18. The van der Waals surface area contributed by atoms with Gasteiger partial charge in [-0.05, 0) is 31.2 Å². The number of allylic oxidation sites excluding steroid dienone is 1. The molecule has 3 heterocycles. The minimum Gasteiger partial charge on any atom is -0.465 e. The van der Waals surface area contributed by atoms with E-state index in [2.05, 4.69) is 21.3 Å². The fraction of sp³-hybridized carbons (Fsp3) is 0.292. The van der Waals surface area contributed by atoms with Crippen molar-refractivity contribution in [2.24, 2.45) is 12.8 Å². The highest BCUT2D eigenvalue weighted by Crippen LogP contribution is 2.33. The van der Waals surface area contributed by atoms with E-state index in [1.165, 1.54) is 22.8 Å². The molecule has 0 bridgehead atoms. The summed E-state index contributed by atoms with van der Waals surface area (Å²) in [6.07, 6.45) is 0.647. The fourth-order valence-electron chi connectivity index (χ4n) is 3.96. The highest BCUT2D eigenvalue weighted by Gasteiger charge is 2.31. The number of carbonyl (C=O) groups excluding carboxylic acids is 1. The van der Waals surface area contributed by atoms with E-state index in [9.17, 15) is 18.0 Å². The zero-order valence-corrected chi connectivity index (χ0v) is 19.0.